The molecule has 0 aliphatic carbocycles. The lowest BCUT2D eigenvalue weighted by molar-refractivity contribution is -0.128. The Bertz CT molecular complexity index is 663. The molecule has 1 amide bonds. The summed E-state index contributed by atoms with van der Waals surface area (Å²) >= 11 is 0. The van der Waals surface area contributed by atoms with Gasteiger partial charge in [0.2, 0.25) is 5.91 Å². The predicted molar refractivity (Wildman–Crippen MR) is 89.8 cm³/mol. The van der Waals surface area contributed by atoms with E-state index in [9.17, 15) is 9.59 Å². The second-order valence-electron chi connectivity index (χ2n) is 5.55. The first-order valence-electron chi connectivity index (χ1n) is 7.46. The number of benzene rings is 2. The maximum absolute atomic E-state index is 12.9. The zero-order chi connectivity index (χ0) is 16.8. The van der Waals surface area contributed by atoms with E-state index < -0.39 is 5.92 Å². The van der Waals surface area contributed by atoms with E-state index in [1.165, 1.54) is 4.90 Å². The molecule has 0 fully saturated rings. The van der Waals surface area contributed by atoms with Gasteiger partial charge < -0.3 is 9.64 Å². The van der Waals surface area contributed by atoms with Crippen LogP contribution in [0.3, 0.4) is 0 Å². The highest BCUT2D eigenvalue weighted by atomic mass is 16.5. The van der Waals surface area contributed by atoms with Crippen LogP contribution in [-0.2, 0) is 4.79 Å². The molecule has 0 heterocycles. The summed E-state index contributed by atoms with van der Waals surface area (Å²) in [6.07, 6.45) is 0.146. The molecule has 0 radical (unpaired) electrons. The molecule has 4 nitrogen and oxygen atoms in total. The molecule has 2 aromatic carbocycles. The summed E-state index contributed by atoms with van der Waals surface area (Å²) in [7, 11) is 4.98. The second-order valence-corrected chi connectivity index (χ2v) is 5.55. The largest absolute Gasteiger partial charge is 0.497 e. The highest BCUT2D eigenvalue weighted by Gasteiger charge is 2.25. The van der Waals surface area contributed by atoms with E-state index in [0.717, 1.165) is 11.3 Å². The lowest BCUT2D eigenvalue weighted by Gasteiger charge is -2.19. The van der Waals surface area contributed by atoms with Crippen LogP contribution in [0.25, 0.3) is 0 Å². The molecule has 0 aliphatic heterocycles. The number of carbonyl (C=O) groups excluding carboxylic acids is 2. The van der Waals surface area contributed by atoms with Gasteiger partial charge in [-0.3, -0.25) is 9.59 Å². The highest BCUT2D eigenvalue weighted by molar-refractivity contribution is 6.03. The molecule has 4 heteroatoms. The Morgan fingerprint density at radius 3 is 2.13 bits per heavy atom. The van der Waals surface area contributed by atoms with Crippen molar-refractivity contribution >= 4 is 11.7 Å². The summed E-state index contributed by atoms with van der Waals surface area (Å²) in [5.74, 6) is 0.0952. The van der Waals surface area contributed by atoms with Crippen LogP contribution < -0.4 is 4.74 Å². The van der Waals surface area contributed by atoms with Crippen molar-refractivity contribution in [2.24, 2.45) is 0 Å². The lowest BCUT2D eigenvalue weighted by Crippen LogP contribution is -2.26. The maximum Gasteiger partial charge on any atom is 0.223 e. The topological polar surface area (TPSA) is 46.6 Å². The van der Waals surface area contributed by atoms with E-state index >= 15 is 0 Å². The Morgan fingerprint density at radius 2 is 1.61 bits per heavy atom. The molecule has 0 aromatic heterocycles. The number of Topliss-reactive ketones (excluding diaryl/α,β-unsaturated/α-hetero) is 1. The van der Waals surface area contributed by atoms with E-state index in [1.54, 1.807) is 45.5 Å². The SMILES string of the molecule is COc1ccc(C(CC(=O)N(C)C)C(=O)c2ccccc2)cc1. The van der Waals surface area contributed by atoms with Crippen LogP contribution >= 0.6 is 0 Å². The fourth-order valence-electron chi connectivity index (χ4n) is 2.36. The molecule has 2 aromatic rings. The number of ketones is 1. The number of hydrogen-bond acceptors (Lipinski definition) is 3. The number of nitrogens with zero attached hydrogens (tertiary/aromatic N) is 1. The predicted octanol–water partition coefficient (Wildman–Crippen LogP) is 3.14. The minimum absolute atomic E-state index is 0.0500. The van der Waals surface area contributed by atoms with Crippen molar-refractivity contribution < 1.29 is 14.3 Å². The van der Waals surface area contributed by atoms with Crippen LogP contribution in [0.1, 0.15) is 28.3 Å². The van der Waals surface area contributed by atoms with Crippen LogP contribution in [0.2, 0.25) is 0 Å². The molecule has 0 saturated heterocycles. The van der Waals surface area contributed by atoms with Crippen molar-refractivity contribution in [3.8, 4) is 5.75 Å². The van der Waals surface area contributed by atoms with Crippen molar-refractivity contribution in [2.75, 3.05) is 21.2 Å². The van der Waals surface area contributed by atoms with Crippen LogP contribution in [0.4, 0.5) is 0 Å². The summed E-state index contributed by atoms with van der Waals surface area (Å²) in [4.78, 5) is 26.5. The average molecular weight is 311 g/mol. The normalized spacial score (nSPS) is 11.6. The van der Waals surface area contributed by atoms with Crippen molar-refractivity contribution in [1.82, 2.24) is 4.90 Å². The molecular weight excluding hydrogens is 290 g/mol. The Morgan fingerprint density at radius 1 is 1.00 bits per heavy atom. The Hall–Kier alpha value is -2.62. The van der Waals surface area contributed by atoms with E-state index in [0.29, 0.717) is 5.56 Å². The molecule has 0 spiro atoms. The van der Waals surface area contributed by atoms with E-state index in [4.69, 9.17) is 4.74 Å². The van der Waals surface area contributed by atoms with Crippen molar-refractivity contribution in [3.63, 3.8) is 0 Å². The van der Waals surface area contributed by atoms with Gasteiger partial charge in [-0.25, -0.2) is 0 Å². The summed E-state index contributed by atoms with van der Waals surface area (Å²) in [5, 5.41) is 0. The van der Waals surface area contributed by atoms with Crippen LogP contribution in [0.15, 0.2) is 54.6 Å². The molecule has 1 atom stereocenters. The van der Waals surface area contributed by atoms with Crippen LogP contribution in [-0.4, -0.2) is 37.8 Å². The molecule has 0 aliphatic rings. The Balaban J connectivity index is 2.34. The van der Waals surface area contributed by atoms with Crippen LogP contribution in [0.5, 0.6) is 5.75 Å². The monoisotopic (exact) mass is 311 g/mol. The summed E-state index contributed by atoms with van der Waals surface area (Å²) in [6, 6.07) is 16.4. The minimum Gasteiger partial charge on any atom is -0.497 e. The third-order valence-electron chi connectivity index (χ3n) is 3.77. The number of rotatable bonds is 6. The third-order valence-corrected chi connectivity index (χ3v) is 3.77. The fraction of sp³-hybridized carbons (Fsp3) is 0.263. The van der Waals surface area contributed by atoms with Gasteiger partial charge in [0.25, 0.3) is 0 Å². The van der Waals surface area contributed by atoms with Crippen molar-refractivity contribution in [3.05, 3.63) is 65.7 Å². The van der Waals surface area contributed by atoms with Gasteiger partial charge in [0, 0.05) is 26.1 Å². The van der Waals surface area contributed by atoms with Gasteiger partial charge in [0.05, 0.1) is 13.0 Å². The first kappa shape index (κ1) is 16.7. The number of ether oxygens (including phenoxy) is 1. The van der Waals surface area contributed by atoms with Crippen molar-refractivity contribution in [1.29, 1.82) is 0 Å². The molecule has 2 rings (SSSR count). The zero-order valence-corrected chi connectivity index (χ0v) is 13.7. The molecule has 0 saturated carbocycles. The van der Waals surface area contributed by atoms with Gasteiger partial charge in [-0.1, -0.05) is 42.5 Å². The van der Waals surface area contributed by atoms with Gasteiger partial charge >= 0.3 is 0 Å². The zero-order valence-electron chi connectivity index (χ0n) is 13.7. The van der Waals surface area contributed by atoms with Crippen LogP contribution in [0, 0.1) is 0 Å². The van der Waals surface area contributed by atoms with Gasteiger partial charge in [-0.15, -0.1) is 0 Å². The summed E-state index contributed by atoms with van der Waals surface area (Å²) in [6.45, 7) is 0. The van der Waals surface area contributed by atoms with Gasteiger partial charge in [-0.05, 0) is 17.7 Å². The Labute approximate surface area is 136 Å². The molecule has 1 unspecified atom stereocenters. The molecule has 120 valence electrons. The van der Waals surface area contributed by atoms with E-state index in [1.807, 2.05) is 30.3 Å². The molecular formula is C19H21NO3. The average Bonchev–Trinajstić information content (AvgIpc) is 2.59. The smallest absolute Gasteiger partial charge is 0.223 e. The van der Waals surface area contributed by atoms with Gasteiger partial charge in [0.15, 0.2) is 5.78 Å². The van der Waals surface area contributed by atoms with Crippen molar-refractivity contribution in [2.45, 2.75) is 12.3 Å². The molecule has 0 bridgehead atoms. The highest BCUT2D eigenvalue weighted by Crippen LogP contribution is 2.27. The number of carbonyl (C=O) groups is 2. The number of hydrogen-bond donors (Lipinski definition) is 0. The number of methoxy groups -OCH3 is 1. The minimum atomic E-state index is -0.502. The summed E-state index contributed by atoms with van der Waals surface area (Å²) in [5.41, 5.74) is 1.43. The fourth-order valence-corrected chi connectivity index (χ4v) is 2.36. The molecule has 23 heavy (non-hydrogen) atoms. The summed E-state index contributed by atoms with van der Waals surface area (Å²) < 4.78 is 5.15. The lowest BCUT2D eigenvalue weighted by atomic mass is 9.87. The van der Waals surface area contributed by atoms with E-state index in [-0.39, 0.29) is 18.1 Å². The van der Waals surface area contributed by atoms with Gasteiger partial charge in [0.1, 0.15) is 5.75 Å². The Kier molecular flexibility index (Phi) is 5.52. The first-order valence-corrected chi connectivity index (χ1v) is 7.46. The second kappa shape index (κ2) is 7.58. The quantitative estimate of drug-likeness (QED) is 0.770. The standard InChI is InChI=1S/C19H21NO3/c1-20(2)18(21)13-17(14-9-11-16(23-3)12-10-14)19(22)15-7-5-4-6-8-15/h4-12,17H,13H2,1-3H3. The van der Waals surface area contributed by atoms with Gasteiger partial charge in [-0.2, -0.15) is 0 Å². The van der Waals surface area contributed by atoms with E-state index in [2.05, 4.69) is 0 Å². The first-order chi connectivity index (χ1) is 11.0. The molecule has 0 N–H and O–H groups in total. The number of amides is 1. The maximum atomic E-state index is 12.9. The third kappa shape index (κ3) is 4.19.